The van der Waals surface area contributed by atoms with Gasteiger partial charge in [-0.3, -0.25) is 0 Å². The molecular weight excluding hydrogens is 150 g/mol. The lowest BCUT2D eigenvalue weighted by molar-refractivity contribution is -0.107. The Labute approximate surface area is 73.7 Å². The van der Waals surface area contributed by atoms with E-state index in [0.29, 0.717) is 0 Å². The maximum atomic E-state index is 5.01. The first-order valence-corrected chi connectivity index (χ1v) is 4.12. The highest BCUT2D eigenvalue weighted by molar-refractivity contribution is 5.14. The van der Waals surface area contributed by atoms with Gasteiger partial charge in [0.15, 0.2) is 0 Å². The molecule has 0 amide bonds. The lowest BCUT2D eigenvalue weighted by Gasteiger charge is -2.12. The van der Waals surface area contributed by atoms with Gasteiger partial charge in [-0.1, -0.05) is 30.3 Å². The Bertz CT molecular complexity index is 210. The van der Waals surface area contributed by atoms with Crippen molar-refractivity contribution < 1.29 is 4.84 Å². The van der Waals surface area contributed by atoms with Crippen molar-refractivity contribution in [3.63, 3.8) is 0 Å². The molecule has 0 heterocycles. The highest BCUT2D eigenvalue weighted by atomic mass is 16.7. The molecule has 0 aliphatic heterocycles. The van der Waals surface area contributed by atoms with Gasteiger partial charge in [0, 0.05) is 13.6 Å². The highest BCUT2D eigenvalue weighted by Gasteiger charge is 1.95. The molecule has 0 fully saturated rings. The van der Waals surface area contributed by atoms with E-state index in [9.17, 15) is 0 Å². The summed E-state index contributed by atoms with van der Waals surface area (Å²) in [6.07, 6.45) is 1.03. The first-order chi connectivity index (χ1) is 5.83. The molecule has 0 aliphatic carbocycles. The number of hydroxylamine groups is 2. The van der Waals surface area contributed by atoms with E-state index in [1.807, 2.05) is 18.2 Å². The van der Waals surface area contributed by atoms with Crippen LogP contribution in [-0.2, 0) is 11.3 Å². The van der Waals surface area contributed by atoms with E-state index in [1.54, 1.807) is 7.11 Å². The summed E-state index contributed by atoms with van der Waals surface area (Å²) in [6.45, 7) is 0.931. The second-order valence-corrected chi connectivity index (χ2v) is 2.77. The molecule has 0 bridgehead atoms. The first kappa shape index (κ1) is 9.23. The normalized spacial score (nSPS) is 10.6. The summed E-state index contributed by atoms with van der Waals surface area (Å²) in [5.41, 5.74) is 1.35. The molecule has 0 saturated carbocycles. The van der Waals surface area contributed by atoms with Crippen LogP contribution >= 0.6 is 0 Å². The van der Waals surface area contributed by atoms with Crippen LogP contribution in [0.5, 0.6) is 0 Å². The maximum Gasteiger partial charge on any atom is 0.0575 e. The van der Waals surface area contributed by atoms with Crippen LogP contribution in [0.2, 0.25) is 0 Å². The Kier molecular flexibility index (Phi) is 3.77. The van der Waals surface area contributed by atoms with Gasteiger partial charge >= 0.3 is 0 Å². The van der Waals surface area contributed by atoms with E-state index in [4.69, 9.17) is 4.84 Å². The zero-order valence-corrected chi connectivity index (χ0v) is 7.66. The Morgan fingerprint density at radius 3 is 2.50 bits per heavy atom. The highest BCUT2D eigenvalue weighted by Crippen LogP contribution is 1.99. The largest absolute Gasteiger partial charge is 0.303 e. The van der Waals surface area contributed by atoms with Crippen molar-refractivity contribution in [1.82, 2.24) is 5.06 Å². The molecule has 2 nitrogen and oxygen atoms in total. The summed E-state index contributed by atoms with van der Waals surface area (Å²) < 4.78 is 0. The minimum absolute atomic E-state index is 0.931. The molecule has 0 atom stereocenters. The van der Waals surface area contributed by atoms with Crippen molar-refractivity contribution in [2.45, 2.75) is 6.42 Å². The smallest absolute Gasteiger partial charge is 0.0575 e. The van der Waals surface area contributed by atoms with Gasteiger partial charge in [-0.2, -0.15) is 5.06 Å². The zero-order chi connectivity index (χ0) is 8.81. The Morgan fingerprint density at radius 1 is 1.25 bits per heavy atom. The topological polar surface area (TPSA) is 12.5 Å². The van der Waals surface area contributed by atoms with E-state index in [2.05, 4.69) is 24.3 Å². The third kappa shape index (κ3) is 3.03. The summed E-state index contributed by atoms with van der Waals surface area (Å²) >= 11 is 0. The number of nitrogens with zero attached hydrogens (tertiary/aromatic N) is 1. The van der Waals surface area contributed by atoms with Crippen LogP contribution in [0, 0.1) is 0 Å². The average Bonchev–Trinajstić information content (AvgIpc) is 2.16. The predicted octanol–water partition coefficient (Wildman–Crippen LogP) is 1.72. The summed E-state index contributed by atoms with van der Waals surface area (Å²) in [6, 6.07) is 10.4. The molecule has 66 valence electrons. The van der Waals surface area contributed by atoms with Gasteiger partial charge in [0.05, 0.1) is 7.11 Å². The van der Waals surface area contributed by atoms with Crippen molar-refractivity contribution in [1.29, 1.82) is 0 Å². The molecule has 1 rings (SSSR count). The predicted molar refractivity (Wildman–Crippen MR) is 49.8 cm³/mol. The molecule has 1 aromatic carbocycles. The molecule has 0 aromatic heterocycles. The van der Waals surface area contributed by atoms with Crippen molar-refractivity contribution in [2.75, 3.05) is 20.7 Å². The van der Waals surface area contributed by atoms with Gasteiger partial charge in [0.2, 0.25) is 0 Å². The minimum atomic E-state index is 0.931. The number of hydrogen-bond donors (Lipinski definition) is 0. The van der Waals surface area contributed by atoms with E-state index in [0.717, 1.165) is 13.0 Å². The SMILES string of the molecule is CON(C)CCc1ccccc1. The van der Waals surface area contributed by atoms with Crippen LogP contribution in [0.4, 0.5) is 0 Å². The van der Waals surface area contributed by atoms with E-state index >= 15 is 0 Å². The Balaban J connectivity index is 2.33. The third-order valence-corrected chi connectivity index (χ3v) is 1.87. The monoisotopic (exact) mass is 165 g/mol. The number of hydrogen-bond acceptors (Lipinski definition) is 2. The number of rotatable bonds is 4. The summed E-state index contributed by atoms with van der Waals surface area (Å²) in [5, 5.41) is 1.83. The standard InChI is InChI=1S/C10H15NO/c1-11(12-2)9-8-10-6-4-3-5-7-10/h3-7H,8-9H2,1-2H3. The lowest BCUT2D eigenvalue weighted by Crippen LogP contribution is -2.19. The van der Waals surface area contributed by atoms with Crippen LogP contribution in [0.25, 0.3) is 0 Å². The lowest BCUT2D eigenvalue weighted by atomic mass is 10.1. The Morgan fingerprint density at radius 2 is 1.92 bits per heavy atom. The van der Waals surface area contributed by atoms with Crippen LogP contribution in [0.1, 0.15) is 5.56 Å². The molecule has 0 spiro atoms. The van der Waals surface area contributed by atoms with Crippen LogP contribution < -0.4 is 0 Å². The maximum absolute atomic E-state index is 5.01. The van der Waals surface area contributed by atoms with Gasteiger partial charge < -0.3 is 4.84 Å². The van der Waals surface area contributed by atoms with Crippen LogP contribution in [0.3, 0.4) is 0 Å². The minimum Gasteiger partial charge on any atom is -0.303 e. The fourth-order valence-electron chi connectivity index (χ4n) is 1.02. The average molecular weight is 165 g/mol. The third-order valence-electron chi connectivity index (χ3n) is 1.87. The fraction of sp³-hybridized carbons (Fsp3) is 0.400. The molecule has 1 aromatic rings. The zero-order valence-electron chi connectivity index (χ0n) is 7.66. The van der Waals surface area contributed by atoms with Gasteiger partial charge in [-0.25, -0.2) is 0 Å². The van der Waals surface area contributed by atoms with Gasteiger partial charge in [0.1, 0.15) is 0 Å². The fourth-order valence-corrected chi connectivity index (χ4v) is 1.02. The molecule has 12 heavy (non-hydrogen) atoms. The summed E-state index contributed by atoms with van der Waals surface area (Å²) in [7, 11) is 3.62. The van der Waals surface area contributed by atoms with Crippen molar-refractivity contribution in [3.8, 4) is 0 Å². The molecular formula is C10H15NO. The van der Waals surface area contributed by atoms with E-state index in [1.165, 1.54) is 5.56 Å². The molecule has 0 aliphatic rings. The number of likely N-dealkylation sites (N-methyl/N-ethyl adjacent to an activating group) is 1. The second-order valence-electron chi connectivity index (χ2n) is 2.77. The quantitative estimate of drug-likeness (QED) is 0.630. The summed E-state index contributed by atoms with van der Waals surface area (Å²) in [5.74, 6) is 0. The number of benzene rings is 1. The molecule has 2 heteroatoms. The van der Waals surface area contributed by atoms with Crippen LogP contribution in [0.15, 0.2) is 30.3 Å². The van der Waals surface area contributed by atoms with Gasteiger partial charge in [0.25, 0.3) is 0 Å². The van der Waals surface area contributed by atoms with E-state index in [-0.39, 0.29) is 0 Å². The van der Waals surface area contributed by atoms with Crippen molar-refractivity contribution in [2.24, 2.45) is 0 Å². The second kappa shape index (κ2) is 4.91. The van der Waals surface area contributed by atoms with Crippen LogP contribution in [-0.4, -0.2) is 25.8 Å². The molecule has 0 saturated heterocycles. The molecule has 0 radical (unpaired) electrons. The van der Waals surface area contributed by atoms with Crippen molar-refractivity contribution >= 4 is 0 Å². The Hall–Kier alpha value is -0.860. The molecule has 0 unspecified atom stereocenters. The van der Waals surface area contributed by atoms with E-state index < -0.39 is 0 Å². The van der Waals surface area contributed by atoms with Gasteiger partial charge in [-0.05, 0) is 12.0 Å². The first-order valence-electron chi connectivity index (χ1n) is 4.12. The molecule has 0 N–H and O–H groups in total. The van der Waals surface area contributed by atoms with Crippen molar-refractivity contribution in [3.05, 3.63) is 35.9 Å². The summed E-state index contributed by atoms with van der Waals surface area (Å²) in [4.78, 5) is 5.01. The van der Waals surface area contributed by atoms with Gasteiger partial charge in [-0.15, -0.1) is 0 Å².